The van der Waals surface area contributed by atoms with E-state index in [0.717, 1.165) is 6.07 Å². The van der Waals surface area contributed by atoms with Crippen LogP contribution in [0.15, 0.2) is 55.3 Å². The van der Waals surface area contributed by atoms with E-state index in [4.69, 9.17) is 10.9 Å². The highest BCUT2D eigenvalue weighted by atomic mass is 32.2. The van der Waals surface area contributed by atoms with Crippen LogP contribution in [0.3, 0.4) is 0 Å². The summed E-state index contributed by atoms with van der Waals surface area (Å²) in [5, 5.41) is 33.1. The fourth-order valence-electron chi connectivity index (χ4n) is 3.39. The van der Waals surface area contributed by atoms with Crippen molar-refractivity contribution in [3.8, 4) is 11.1 Å². The third-order valence-electron chi connectivity index (χ3n) is 4.83. The first kappa shape index (κ1) is 23.0. The van der Waals surface area contributed by atoms with Gasteiger partial charge >= 0.3 is 0 Å². The number of fused-ring (bicyclic) bond motifs is 1. The van der Waals surface area contributed by atoms with Crippen LogP contribution in [-0.4, -0.2) is 69.1 Å². The molecule has 16 heteroatoms. The number of aliphatic hydroxyl groups is 1. The molecule has 0 spiro atoms. The van der Waals surface area contributed by atoms with Gasteiger partial charge in [-0.15, -0.1) is 5.11 Å². The molecule has 33 heavy (non-hydrogen) atoms. The molecular formula is C17H19N9O5S2. The first-order valence-corrected chi connectivity index (χ1v) is 12.5. The van der Waals surface area contributed by atoms with Crippen molar-refractivity contribution < 1.29 is 21.9 Å². The molecular weight excluding hydrogens is 474 g/mol. The van der Waals surface area contributed by atoms with Crippen LogP contribution in [-0.2, 0) is 20.0 Å². The van der Waals surface area contributed by atoms with Crippen LogP contribution in [0.5, 0.6) is 0 Å². The summed E-state index contributed by atoms with van der Waals surface area (Å²) >= 11 is 0. The summed E-state index contributed by atoms with van der Waals surface area (Å²) in [6.45, 7) is -0.886. The van der Waals surface area contributed by atoms with Gasteiger partial charge in [-0.2, -0.15) is 20.5 Å². The lowest BCUT2D eigenvalue weighted by atomic mass is 9.97. The van der Waals surface area contributed by atoms with Gasteiger partial charge in [0.1, 0.15) is 20.8 Å². The maximum absolute atomic E-state index is 13.1. The number of rotatable bonds is 8. The smallest absolute Gasteiger partial charge is 0.242 e. The first-order valence-electron chi connectivity index (χ1n) is 9.42. The molecule has 0 saturated carbocycles. The molecule has 174 valence electrons. The Balaban J connectivity index is 2.08. The summed E-state index contributed by atoms with van der Waals surface area (Å²) in [4.78, 5) is 2.73. The molecule has 2 aromatic carbocycles. The fourth-order valence-corrected chi connectivity index (χ4v) is 6.23. The minimum atomic E-state index is -4.64. The third kappa shape index (κ3) is 4.26. The summed E-state index contributed by atoms with van der Waals surface area (Å²) in [7, 11) is -9.13. The van der Waals surface area contributed by atoms with E-state index < -0.39 is 42.5 Å². The topological polar surface area (TPSA) is 231 Å². The molecule has 14 nitrogen and oxygen atoms in total. The maximum Gasteiger partial charge on any atom is 0.242 e. The first-order chi connectivity index (χ1) is 15.7. The van der Waals surface area contributed by atoms with Crippen LogP contribution in [0.2, 0.25) is 0 Å². The molecule has 1 atom stereocenters. The van der Waals surface area contributed by atoms with Crippen molar-refractivity contribution in [3.05, 3.63) is 35.9 Å². The minimum Gasteiger partial charge on any atom is -0.395 e. The van der Waals surface area contributed by atoms with Crippen molar-refractivity contribution in [2.24, 2.45) is 26.1 Å². The zero-order valence-electron chi connectivity index (χ0n) is 16.9. The molecule has 4 rings (SSSR count). The predicted molar refractivity (Wildman–Crippen MR) is 117 cm³/mol. The molecule has 3 aromatic rings. The Kier molecular flexibility index (Phi) is 6.04. The number of nitrogens with zero attached hydrogens (tertiary/aromatic N) is 5. The van der Waals surface area contributed by atoms with Gasteiger partial charge < -0.3 is 10.8 Å². The second-order valence-corrected chi connectivity index (χ2v) is 10.1. The van der Waals surface area contributed by atoms with Crippen molar-refractivity contribution in [2.45, 2.75) is 15.8 Å². The SMILES string of the molecule is NC[C@H](CO)NS(=O)(=O)c1ccc(-c2cccc3n[nH]nc23)c(C2=NCN=N2)c1S(N)(=O)=O. The predicted octanol–water partition coefficient (Wildman–Crippen LogP) is -0.960. The number of aliphatic imine (C=N–C) groups is 1. The van der Waals surface area contributed by atoms with E-state index in [1.807, 2.05) is 0 Å². The molecule has 1 aliphatic heterocycles. The van der Waals surface area contributed by atoms with Gasteiger partial charge in [-0.3, -0.25) is 0 Å². The Morgan fingerprint density at radius 1 is 1.12 bits per heavy atom. The lowest BCUT2D eigenvalue weighted by molar-refractivity contribution is 0.259. The van der Waals surface area contributed by atoms with Gasteiger partial charge in [0.05, 0.1) is 18.2 Å². The number of aromatic nitrogens is 3. The van der Waals surface area contributed by atoms with Gasteiger partial charge in [-0.1, -0.05) is 18.2 Å². The van der Waals surface area contributed by atoms with Crippen LogP contribution in [0, 0.1) is 0 Å². The zero-order chi connectivity index (χ0) is 23.8. The lowest BCUT2D eigenvalue weighted by Crippen LogP contribution is -2.43. The summed E-state index contributed by atoms with van der Waals surface area (Å²) in [6, 6.07) is 6.48. The second kappa shape index (κ2) is 8.65. The van der Waals surface area contributed by atoms with E-state index in [0.29, 0.717) is 16.6 Å². The highest BCUT2D eigenvalue weighted by Gasteiger charge is 2.33. The van der Waals surface area contributed by atoms with Crippen LogP contribution in [0.25, 0.3) is 22.2 Å². The van der Waals surface area contributed by atoms with E-state index in [9.17, 15) is 21.9 Å². The second-order valence-electron chi connectivity index (χ2n) is 6.96. The minimum absolute atomic E-state index is 0.0675. The lowest BCUT2D eigenvalue weighted by Gasteiger charge is -2.19. The van der Waals surface area contributed by atoms with Crippen molar-refractivity contribution in [2.75, 3.05) is 19.8 Å². The Bertz CT molecular complexity index is 1490. The van der Waals surface area contributed by atoms with E-state index in [2.05, 4.69) is 35.4 Å². The number of sulfonamides is 2. The average molecular weight is 494 g/mol. The third-order valence-corrected chi connectivity index (χ3v) is 7.52. The van der Waals surface area contributed by atoms with Crippen molar-refractivity contribution in [1.29, 1.82) is 0 Å². The van der Waals surface area contributed by atoms with Gasteiger partial charge in [0.2, 0.25) is 20.0 Å². The molecule has 0 unspecified atom stereocenters. The number of aliphatic hydroxyl groups excluding tert-OH is 1. The molecule has 0 fully saturated rings. The molecule has 1 aliphatic rings. The van der Waals surface area contributed by atoms with E-state index >= 15 is 0 Å². The molecule has 7 N–H and O–H groups in total. The zero-order valence-corrected chi connectivity index (χ0v) is 18.5. The number of H-pyrrole nitrogens is 1. The highest BCUT2D eigenvalue weighted by molar-refractivity contribution is 7.92. The van der Waals surface area contributed by atoms with Crippen LogP contribution in [0.4, 0.5) is 0 Å². The Labute approximate surface area is 187 Å². The maximum atomic E-state index is 13.1. The quantitative estimate of drug-likeness (QED) is 0.261. The summed E-state index contributed by atoms with van der Waals surface area (Å²) < 4.78 is 53.9. The summed E-state index contributed by atoms with van der Waals surface area (Å²) in [6.07, 6.45) is 0. The number of hydrogen-bond donors (Lipinski definition) is 5. The molecule has 0 saturated heterocycles. The normalized spacial score (nSPS) is 15.2. The number of para-hydroxylation sites is 1. The van der Waals surface area contributed by atoms with Crippen molar-refractivity contribution in [1.82, 2.24) is 20.1 Å². The van der Waals surface area contributed by atoms with Crippen LogP contribution in [0.1, 0.15) is 5.56 Å². The van der Waals surface area contributed by atoms with Crippen LogP contribution >= 0.6 is 0 Å². The number of amidine groups is 1. The number of nitrogens with two attached hydrogens (primary N) is 2. The van der Waals surface area contributed by atoms with Crippen LogP contribution < -0.4 is 15.6 Å². The van der Waals surface area contributed by atoms with Gasteiger partial charge in [-0.25, -0.2) is 31.7 Å². The molecule has 0 amide bonds. The number of hydrogen-bond acceptors (Lipinski definition) is 11. The Morgan fingerprint density at radius 3 is 2.55 bits per heavy atom. The molecule has 2 heterocycles. The molecule has 1 aromatic heterocycles. The van der Waals surface area contributed by atoms with Crippen molar-refractivity contribution in [3.63, 3.8) is 0 Å². The summed E-state index contributed by atoms with van der Waals surface area (Å²) in [5.74, 6) is -0.107. The van der Waals surface area contributed by atoms with Crippen molar-refractivity contribution >= 4 is 36.9 Å². The number of aromatic amines is 1. The highest BCUT2D eigenvalue weighted by Crippen LogP contribution is 2.37. The monoisotopic (exact) mass is 493 g/mol. The van der Waals surface area contributed by atoms with Gasteiger partial charge in [0, 0.05) is 12.1 Å². The Morgan fingerprint density at radius 2 is 1.91 bits per heavy atom. The number of primary sulfonamides is 1. The van der Waals surface area contributed by atoms with E-state index in [1.54, 1.807) is 18.2 Å². The van der Waals surface area contributed by atoms with Gasteiger partial charge in [0.25, 0.3) is 0 Å². The largest absolute Gasteiger partial charge is 0.395 e. The fraction of sp³-hybridized carbons (Fsp3) is 0.235. The molecule has 0 aliphatic carbocycles. The van der Waals surface area contributed by atoms with Gasteiger partial charge in [0.15, 0.2) is 12.5 Å². The number of azo groups is 1. The molecule has 0 bridgehead atoms. The van der Waals surface area contributed by atoms with E-state index in [-0.39, 0.29) is 30.2 Å². The average Bonchev–Trinajstić information content (AvgIpc) is 3.47. The number of nitrogens with one attached hydrogen (secondary N) is 2. The molecule has 0 radical (unpaired) electrons. The van der Waals surface area contributed by atoms with E-state index in [1.165, 1.54) is 6.07 Å². The van der Waals surface area contributed by atoms with Gasteiger partial charge in [-0.05, 0) is 17.7 Å². The Hall–Kier alpha value is -3.15. The summed E-state index contributed by atoms with van der Waals surface area (Å²) in [5.41, 5.74) is 6.93. The standard InChI is InChI=1S/C17H19N9O5S2/c18-6-9(7-27)25-33(30,31)13-5-4-10(11-2-1-3-12-15(11)23-26-22-12)14(16(13)32(19,28)29)17-20-8-21-24-17/h1-5,9,25,27H,6-8,18H2,(H2,19,28,29)(H,22,23,26)/t9-/m1/s1. The number of benzene rings is 2.